The molecule has 0 amide bonds. The maximum absolute atomic E-state index is 11.4. The normalized spacial score (nSPS) is 15.1. The van der Waals surface area contributed by atoms with Crippen LogP contribution in [0.3, 0.4) is 0 Å². The number of hydrogen-bond donors (Lipinski definition) is 2. The number of piperazine rings is 1. The van der Waals surface area contributed by atoms with Gasteiger partial charge in [-0.15, -0.1) is 0 Å². The van der Waals surface area contributed by atoms with Gasteiger partial charge >= 0.3 is 0 Å². The lowest BCUT2D eigenvalue weighted by molar-refractivity contribution is -0.880. The first-order valence-corrected chi connectivity index (χ1v) is 10.6. The molecule has 1 heterocycles. The van der Waals surface area contributed by atoms with Crippen LogP contribution in [0, 0.1) is 10.1 Å². The van der Waals surface area contributed by atoms with Crippen molar-refractivity contribution in [2.75, 3.05) is 56.6 Å². The number of nitrogens with zero attached hydrogens (tertiary/aromatic N) is 2. The Kier molecular flexibility index (Phi) is 6.82. The van der Waals surface area contributed by atoms with Gasteiger partial charge in [0.1, 0.15) is 18.0 Å². The highest BCUT2D eigenvalue weighted by molar-refractivity contribution is 5.69. The molecule has 0 atom stereocenters. The number of benzene rings is 2. The molecule has 1 saturated heterocycles. The van der Waals surface area contributed by atoms with Crippen molar-refractivity contribution in [3.05, 3.63) is 58.1 Å². The summed E-state index contributed by atoms with van der Waals surface area (Å²) in [7, 11) is 2.19. The molecule has 0 bridgehead atoms. The first-order chi connectivity index (χ1) is 14.2. The summed E-state index contributed by atoms with van der Waals surface area (Å²) in [5.74, 6) is 0.799. The van der Waals surface area contributed by atoms with E-state index < -0.39 is 0 Å². The summed E-state index contributed by atoms with van der Waals surface area (Å²) in [6.07, 6.45) is 0. The number of likely N-dealkylation sites (N-methyl/N-ethyl adjacent to an activating group) is 1. The predicted molar refractivity (Wildman–Crippen MR) is 121 cm³/mol. The van der Waals surface area contributed by atoms with Gasteiger partial charge in [-0.05, 0) is 35.2 Å². The highest BCUT2D eigenvalue weighted by atomic mass is 16.6. The van der Waals surface area contributed by atoms with Crippen LogP contribution in [0.15, 0.2) is 42.5 Å². The molecule has 7 nitrogen and oxygen atoms in total. The van der Waals surface area contributed by atoms with E-state index in [1.807, 2.05) is 24.3 Å². The van der Waals surface area contributed by atoms with Crippen LogP contribution < -0.4 is 19.9 Å². The van der Waals surface area contributed by atoms with Crippen LogP contribution in [-0.2, 0) is 5.41 Å². The molecule has 0 spiro atoms. The molecular weight excluding hydrogens is 380 g/mol. The van der Waals surface area contributed by atoms with E-state index in [9.17, 15) is 10.1 Å². The first-order valence-electron chi connectivity index (χ1n) is 10.6. The van der Waals surface area contributed by atoms with Crippen molar-refractivity contribution in [3.8, 4) is 5.75 Å². The summed E-state index contributed by atoms with van der Waals surface area (Å²) in [4.78, 5) is 14.9. The Hall–Kier alpha value is -2.80. The molecule has 0 saturated carbocycles. The lowest BCUT2D eigenvalue weighted by Gasteiger charge is -2.32. The molecule has 1 aliphatic rings. The van der Waals surface area contributed by atoms with Crippen molar-refractivity contribution in [2.45, 2.75) is 26.2 Å². The maximum atomic E-state index is 11.4. The number of nitro benzene ring substituents is 1. The highest BCUT2D eigenvalue weighted by Crippen LogP contribution is 2.29. The van der Waals surface area contributed by atoms with Gasteiger partial charge in [0.2, 0.25) is 0 Å². The van der Waals surface area contributed by atoms with Crippen molar-refractivity contribution >= 4 is 17.1 Å². The van der Waals surface area contributed by atoms with Gasteiger partial charge in [0.25, 0.3) is 5.69 Å². The van der Waals surface area contributed by atoms with Crippen LogP contribution in [0.25, 0.3) is 0 Å². The zero-order valence-corrected chi connectivity index (χ0v) is 18.4. The molecule has 0 radical (unpaired) electrons. The molecule has 162 valence electrons. The van der Waals surface area contributed by atoms with Crippen molar-refractivity contribution in [3.63, 3.8) is 0 Å². The monoisotopic (exact) mass is 413 g/mol. The van der Waals surface area contributed by atoms with E-state index in [-0.39, 0.29) is 16.0 Å². The summed E-state index contributed by atoms with van der Waals surface area (Å²) < 4.78 is 5.81. The number of quaternary nitrogens is 1. The molecule has 1 fully saturated rings. The third kappa shape index (κ3) is 5.63. The first kappa shape index (κ1) is 21.9. The Morgan fingerprint density at radius 3 is 2.40 bits per heavy atom. The number of nitrogens with one attached hydrogen (secondary N) is 2. The van der Waals surface area contributed by atoms with Crippen LogP contribution in [0.5, 0.6) is 5.75 Å². The zero-order chi connectivity index (χ0) is 21.7. The van der Waals surface area contributed by atoms with Gasteiger partial charge in [-0.2, -0.15) is 0 Å². The standard InChI is InChI=1S/C23H32N4O3/c1-23(2,3)18-5-8-20(9-6-18)30-16-11-24-21-17-19(7-10-22(21)27(28)29)26-14-12-25(4)13-15-26/h5-10,17,24H,11-16H2,1-4H3/p+1. The highest BCUT2D eigenvalue weighted by Gasteiger charge is 2.20. The quantitative estimate of drug-likeness (QED) is 0.415. The Bertz CT molecular complexity index is 854. The lowest BCUT2D eigenvalue weighted by Crippen LogP contribution is -3.12. The topological polar surface area (TPSA) is 72.1 Å². The third-order valence-corrected chi connectivity index (χ3v) is 5.57. The summed E-state index contributed by atoms with van der Waals surface area (Å²) in [5.41, 5.74) is 3.01. The largest absolute Gasteiger partial charge is 0.492 e. The van der Waals surface area contributed by atoms with Gasteiger partial charge in [0.15, 0.2) is 0 Å². The molecular formula is C23H33N4O3+. The number of anilines is 2. The van der Waals surface area contributed by atoms with Gasteiger partial charge in [0, 0.05) is 18.3 Å². The summed E-state index contributed by atoms with van der Waals surface area (Å²) in [6.45, 7) is 11.5. The molecule has 2 aromatic carbocycles. The second-order valence-corrected chi connectivity index (χ2v) is 8.95. The minimum Gasteiger partial charge on any atom is -0.492 e. The molecule has 1 aliphatic heterocycles. The summed E-state index contributed by atoms with van der Waals surface area (Å²) >= 11 is 0. The molecule has 2 N–H and O–H groups in total. The molecule has 3 rings (SSSR count). The van der Waals surface area contributed by atoms with Crippen LogP contribution in [-0.4, -0.2) is 51.3 Å². The van der Waals surface area contributed by atoms with Gasteiger partial charge in [-0.3, -0.25) is 10.1 Å². The number of rotatable bonds is 7. The van der Waals surface area contributed by atoms with Gasteiger partial charge in [-0.25, -0.2) is 0 Å². The van der Waals surface area contributed by atoms with Crippen LogP contribution in [0.2, 0.25) is 0 Å². The number of hydrogen-bond acceptors (Lipinski definition) is 5. The second-order valence-electron chi connectivity index (χ2n) is 8.95. The van der Waals surface area contributed by atoms with E-state index in [0.717, 1.165) is 37.6 Å². The SMILES string of the molecule is C[NH+]1CCN(c2ccc([N+](=O)[O-])c(NCCOc3ccc(C(C)(C)C)cc3)c2)CC1. The fourth-order valence-corrected chi connectivity index (χ4v) is 3.57. The van der Waals surface area contributed by atoms with E-state index in [1.165, 1.54) is 10.5 Å². The molecule has 0 unspecified atom stereocenters. The molecule has 7 heteroatoms. The maximum Gasteiger partial charge on any atom is 0.292 e. The Balaban J connectivity index is 1.59. The van der Waals surface area contributed by atoms with Crippen LogP contribution >= 0.6 is 0 Å². The van der Waals surface area contributed by atoms with Gasteiger partial charge in [-0.1, -0.05) is 32.9 Å². The van der Waals surface area contributed by atoms with Crippen molar-refractivity contribution in [1.29, 1.82) is 0 Å². The summed E-state index contributed by atoms with van der Waals surface area (Å²) in [5, 5.41) is 14.6. The second kappa shape index (κ2) is 9.34. The van der Waals surface area contributed by atoms with Crippen LogP contribution in [0.4, 0.5) is 17.1 Å². The van der Waals surface area contributed by atoms with E-state index in [0.29, 0.717) is 18.8 Å². The van der Waals surface area contributed by atoms with Crippen molar-refractivity contribution in [1.82, 2.24) is 0 Å². The Labute approximate surface area is 178 Å². The number of ether oxygens (including phenoxy) is 1. The van der Waals surface area contributed by atoms with Gasteiger partial charge in [0.05, 0.1) is 38.2 Å². The fourth-order valence-electron chi connectivity index (χ4n) is 3.57. The van der Waals surface area contributed by atoms with E-state index in [4.69, 9.17) is 4.74 Å². The fraction of sp³-hybridized carbons (Fsp3) is 0.478. The number of nitro groups is 1. The predicted octanol–water partition coefficient (Wildman–Crippen LogP) is 2.72. The third-order valence-electron chi connectivity index (χ3n) is 5.57. The zero-order valence-electron chi connectivity index (χ0n) is 18.4. The molecule has 0 aliphatic carbocycles. The molecule has 2 aromatic rings. The summed E-state index contributed by atoms with van der Waals surface area (Å²) in [6, 6.07) is 13.4. The van der Waals surface area contributed by atoms with E-state index >= 15 is 0 Å². The van der Waals surface area contributed by atoms with E-state index in [1.54, 1.807) is 6.07 Å². The smallest absolute Gasteiger partial charge is 0.292 e. The minimum absolute atomic E-state index is 0.0908. The van der Waals surface area contributed by atoms with E-state index in [2.05, 4.69) is 50.2 Å². The van der Waals surface area contributed by atoms with Gasteiger partial charge < -0.3 is 19.9 Å². The average molecular weight is 414 g/mol. The van der Waals surface area contributed by atoms with Crippen LogP contribution in [0.1, 0.15) is 26.3 Å². The lowest BCUT2D eigenvalue weighted by atomic mass is 9.87. The Morgan fingerprint density at radius 1 is 1.13 bits per heavy atom. The van der Waals surface area contributed by atoms with Crippen molar-refractivity contribution in [2.24, 2.45) is 0 Å². The van der Waals surface area contributed by atoms with Crippen molar-refractivity contribution < 1.29 is 14.6 Å². The Morgan fingerprint density at radius 2 is 1.80 bits per heavy atom. The average Bonchev–Trinajstić information content (AvgIpc) is 2.71. The molecule has 30 heavy (non-hydrogen) atoms. The molecule has 0 aromatic heterocycles. The minimum atomic E-state index is -0.341.